The first kappa shape index (κ1) is 20.2. The maximum absolute atomic E-state index is 12.3. The number of carbonyl (C=O) groups is 1. The molecule has 0 unspecified atom stereocenters. The van der Waals surface area contributed by atoms with Crippen LogP contribution in [-0.2, 0) is 13.0 Å². The number of nitrogens with zero attached hydrogens (tertiary/aromatic N) is 1. The lowest BCUT2D eigenvalue weighted by molar-refractivity contribution is 0.0954. The van der Waals surface area contributed by atoms with Crippen molar-refractivity contribution < 1.29 is 4.79 Å². The summed E-state index contributed by atoms with van der Waals surface area (Å²) >= 11 is 0. The molecule has 3 heteroatoms. The van der Waals surface area contributed by atoms with Gasteiger partial charge < -0.3 is 5.32 Å². The third-order valence-corrected chi connectivity index (χ3v) is 5.08. The highest BCUT2D eigenvalue weighted by atomic mass is 16.1. The van der Waals surface area contributed by atoms with Crippen LogP contribution in [0.3, 0.4) is 0 Å². The van der Waals surface area contributed by atoms with Crippen LogP contribution in [0.1, 0.15) is 59.7 Å². The van der Waals surface area contributed by atoms with Crippen molar-refractivity contribution in [2.24, 2.45) is 0 Å². The maximum atomic E-state index is 12.3. The smallest absolute Gasteiger partial charge is 0.251 e. The standard InChI is InChI=1S/C25H30N2O/c1-2-3-4-7-21-12-14-24(15-13-21)25(28)26-17-16-22-8-10-23(11-9-22)20-27-18-5-6-19-27/h8-15H,2-3,5-6,16-20H2,1H3,(H,26,28). The van der Waals surface area contributed by atoms with E-state index >= 15 is 0 Å². The molecular formula is C25H30N2O. The first-order chi connectivity index (χ1) is 13.7. The number of nitrogens with one attached hydrogen (secondary N) is 1. The highest BCUT2D eigenvalue weighted by molar-refractivity contribution is 5.94. The lowest BCUT2D eigenvalue weighted by Gasteiger charge is -2.14. The van der Waals surface area contributed by atoms with Gasteiger partial charge in [0.2, 0.25) is 0 Å². The minimum atomic E-state index is -0.0290. The summed E-state index contributed by atoms with van der Waals surface area (Å²) in [5.41, 5.74) is 4.27. The third-order valence-electron chi connectivity index (χ3n) is 5.08. The molecule has 1 aliphatic heterocycles. The molecule has 1 heterocycles. The number of rotatable bonds is 7. The van der Waals surface area contributed by atoms with Crippen molar-refractivity contribution in [1.82, 2.24) is 10.2 Å². The van der Waals surface area contributed by atoms with E-state index in [0.29, 0.717) is 12.1 Å². The average molecular weight is 375 g/mol. The van der Waals surface area contributed by atoms with Crippen LogP contribution < -0.4 is 5.32 Å². The SMILES string of the molecule is CCCC#Cc1ccc(C(=O)NCCc2ccc(CN3CCCC3)cc2)cc1. The van der Waals surface area contributed by atoms with Crippen molar-refractivity contribution in [2.75, 3.05) is 19.6 Å². The van der Waals surface area contributed by atoms with E-state index in [9.17, 15) is 4.79 Å². The Morgan fingerprint density at radius 1 is 1.00 bits per heavy atom. The Balaban J connectivity index is 1.42. The summed E-state index contributed by atoms with van der Waals surface area (Å²) in [4.78, 5) is 14.8. The molecule has 0 saturated carbocycles. The topological polar surface area (TPSA) is 32.3 Å². The highest BCUT2D eigenvalue weighted by Crippen LogP contribution is 2.13. The summed E-state index contributed by atoms with van der Waals surface area (Å²) in [5, 5.41) is 3.01. The normalized spacial score (nSPS) is 13.8. The molecular weight excluding hydrogens is 344 g/mol. The largest absolute Gasteiger partial charge is 0.352 e. The van der Waals surface area contributed by atoms with Crippen LogP contribution in [0.25, 0.3) is 0 Å². The summed E-state index contributed by atoms with van der Waals surface area (Å²) in [7, 11) is 0. The monoisotopic (exact) mass is 374 g/mol. The predicted molar refractivity (Wildman–Crippen MR) is 115 cm³/mol. The molecule has 2 aromatic rings. The lowest BCUT2D eigenvalue weighted by Crippen LogP contribution is -2.25. The molecule has 146 valence electrons. The van der Waals surface area contributed by atoms with Crippen molar-refractivity contribution in [3.8, 4) is 11.8 Å². The number of unbranched alkanes of at least 4 members (excludes halogenated alkanes) is 1. The van der Waals surface area contributed by atoms with Crippen LogP contribution in [0.4, 0.5) is 0 Å². The first-order valence-corrected chi connectivity index (χ1v) is 10.4. The Bertz CT molecular complexity index is 806. The van der Waals surface area contributed by atoms with E-state index in [2.05, 4.69) is 53.2 Å². The molecule has 2 aromatic carbocycles. The number of likely N-dealkylation sites (tertiary alicyclic amines) is 1. The fraction of sp³-hybridized carbons (Fsp3) is 0.400. The number of hydrogen-bond donors (Lipinski definition) is 1. The summed E-state index contributed by atoms with van der Waals surface area (Å²) in [6.45, 7) is 6.25. The van der Waals surface area contributed by atoms with Crippen molar-refractivity contribution in [2.45, 2.75) is 45.6 Å². The molecule has 3 nitrogen and oxygen atoms in total. The van der Waals surface area contributed by atoms with Crippen LogP contribution in [0.5, 0.6) is 0 Å². The van der Waals surface area contributed by atoms with Gasteiger partial charge in [-0.25, -0.2) is 0 Å². The van der Waals surface area contributed by atoms with Crippen molar-refractivity contribution >= 4 is 5.91 Å². The molecule has 3 rings (SSSR count). The van der Waals surface area contributed by atoms with E-state index in [0.717, 1.165) is 31.4 Å². The van der Waals surface area contributed by atoms with Crippen molar-refractivity contribution in [1.29, 1.82) is 0 Å². The minimum absolute atomic E-state index is 0.0290. The van der Waals surface area contributed by atoms with Crippen LogP contribution >= 0.6 is 0 Å². The first-order valence-electron chi connectivity index (χ1n) is 10.4. The molecule has 1 aliphatic rings. The van der Waals surface area contributed by atoms with Crippen LogP contribution in [0.15, 0.2) is 48.5 Å². The molecule has 0 radical (unpaired) electrons. The zero-order chi connectivity index (χ0) is 19.6. The van der Waals surface area contributed by atoms with E-state index in [1.54, 1.807) is 0 Å². The Morgan fingerprint density at radius 2 is 1.68 bits per heavy atom. The molecule has 0 aromatic heterocycles. The number of hydrogen-bond acceptors (Lipinski definition) is 2. The van der Waals surface area contributed by atoms with Gasteiger partial charge in [0.05, 0.1) is 0 Å². The molecule has 1 N–H and O–H groups in total. The van der Waals surface area contributed by atoms with Crippen LogP contribution in [0.2, 0.25) is 0 Å². The second kappa shape index (κ2) is 10.7. The van der Waals surface area contributed by atoms with E-state index in [4.69, 9.17) is 0 Å². The molecule has 0 bridgehead atoms. The second-order valence-electron chi connectivity index (χ2n) is 7.43. The van der Waals surface area contributed by atoms with Gasteiger partial charge in [-0.1, -0.05) is 43.0 Å². The molecule has 1 saturated heterocycles. The second-order valence-corrected chi connectivity index (χ2v) is 7.43. The maximum Gasteiger partial charge on any atom is 0.251 e. The minimum Gasteiger partial charge on any atom is -0.352 e. The number of benzene rings is 2. The molecule has 1 amide bonds. The number of carbonyl (C=O) groups excluding carboxylic acids is 1. The fourth-order valence-electron chi connectivity index (χ4n) is 3.43. The van der Waals surface area contributed by atoms with Crippen LogP contribution in [-0.4, -0.2) is 30.4 Å². The van der Waals surface area contributed by atoms with Crippen molar-refractivity contribution in [3.05, 3.63) is 70.8 Å². The van der Waals surface area contributed by atoms with Gasteiger partial charge >= 0.3 is 0 Å². The molecule has 1 fully saturated rings. The Hall–Kier alpha value is -2.57. The van der Waals surface area contributed by atoms with E-state index < -0.39 is 0 Å². The lowest BCUT2D eigenvalue weighted by atomic mass is 10.1. The summed E-state index contributed by atoms with van der Waals surface area (Å²) < 4.78 is 0. The Morgan fingerprint density at radius 3 is 2.36 bits per heavy atom. The summed E-state index contributed by atoms with van der Waals surface area (Å²) in [6.07, 6.45) is 5.46. The highest BCUT2D eigenvalue weighted by Gasteiger charge is 2.11. The molecule has 0 spiro atoms. The van der Waals surface area contributed by atoms with Gasteiger partial charge in [0.25, 0.3) is 5.91 Å². The number of amides is 1. The summed E-state index contributed by atoms with van der Waals surface area (Å²) in [5.74, 6) is 6.21. The van der Waals surface area contributed by atoms with E-state index in [1.807, 2.05) is 24.3 Å². The van der Waals surface area contributed by atoms with Crippen molar-refractivity contribution in [3.63, 3.8) is 0 Å². The van der Waals surface area contributed by atoms with Gasteiger partial charge in [-0.05, 0) is 74.2 Å². The summed E-state index contributed by atoms with van der Waals surface area (Å²) in [6, 6.07) is 16.3. The van der Waals surface area contributed by atoms with Gasteiger partial charge in [-0.3, -0.25) is 9.69 Å². The zero-order valence-electron chi connectivity index (χ0n) is 16.8. The van der Waals surface area contributed by atoms with Gasteiger partial charge in [-0.15, -0.1) is 0 Å². The van der Waals surface area contributed by atoms with E-state index in [1.165, 1.54) is 37.1 Å². The van der Waals surface area contributed by atoms with Gasteiger partial charge in [0.1, 0.15) is 0 Å². The molecule has 28 heavy (non-hydrogen) atoms. The van der Waals surface area contributed by atoms with E-state index in [-0.39, 0.29) is 5.91 Å². The quantitative estimate of drug-likeness (QED) is 0.728. The molecule has 0 aliphatic carbocycles. The Labute approximate surface area is 169 Å². The molecule has 0 atom stereocenters. The fourth-order valence-corrected chi connectivity index (χ4v) is 3.43. The van der Waals surface area contributed by atoms with Crippen LogP contribution in [0, 0.1) is 11.8 Å². The van der Waals surface area contributed by atoms with Gasteiger partial charge in [0.15, 0.2) is 0 Å². The Kier molecular flexibility index (Phi) is 7.70. The average Bonchev–Trinajstić information content (AvgIpc) is 3.23. The third kappa shape index (κ3) is 6.25. The van der Waals surface area contributed by atoms with Gasteiger partial charge in [-0.2, -0.15) is 0 Å². The zero-order valence-corrected chi connectivity index (χ0v) is 16.8. The predicted octanol–water partition coefficient (Wildman–Crippen LogP) is 4.41. The van der Waals surface area contributed by atoms with Gasteiger partial charge in [0, 0.05) is 30.6 Å².